The number of carbonyl (C=O) groups excluding carboxylic acids is 2. The molecule has 2 N–H and O–H groups in total. The van der Waals surface area contributed by atoms with E-state index in [1.807, 2.05) is 18.2 Å². The first-order valence-electron chi connectivity index (χ1n) is 8.76. The number of hydrogen-bond acceptors (Lipinski definition) is 5. The normalized spacial score (nSPS) is 14.8. The molecule has 0 saturated carbocycles. The van der Waals surface area contributed by atoms with Gasteiger partial charge in [-0.2, -0.15) is 0 Å². The minimum Gasteiger partial charge on any atom is -0.496 e. The van der Waals surface area contributed by atoms with Crippen molar-refractivity contribution < 1.29 is 14.3 Å². The Bertz CT molecular complexity index is 901. The molecule has 0 unspecified atom stereocenters. The van der Waals surface area contributed by atoms with E-state index in [2.05, 4.69) is 4.98 Å². The van der Waals surface area contributed by atoms with E-state index in [1.54, 1.807) is 18.1 Å². The molecular formula is C19H22N4O4. The fourth-order valence-electron chi connectivity index (χ4n) is 3.21. The van der Waals surface area contributed by atoms with E-state index in [9.17, 15) is 14.4 Å². The van der Waals surface area contributed by atoms with E-state index >= 15 is 0 Å². The maximum atomic E-state index is 12.5. The van der Waals surface area contributed by atoms with Gasteiger partial charge in [0.05, 0.1) is 19.1 Å². The topological polar surface area (TPSA) is 108 Å². The van der Waals surface area contributed by atoms with Crippen molar-refractivity contribution in [2.45, 2.75) is 19.4 Å². The molecule has 142 valence electrons. The van der Waals surface area contributed by atoms with Crippen molar-refractivity contribution in [3.05, 3.63) is 47.0 Å². The zero-order valence-electron chi connectivity index (χ0n) is 15.1. The second kappa shape index (κ2) is 8.03. The van der Waals surface area contributed by atoms with Crippen molar-refractivity contribution in [1.29, 1.82) is 0 Å². The Balaban J connectivity index is 1.71. The van der Waals surface area contributed by atoms with Crippen LogP contribution in [0.25, 0.3) is 11.3 Å². The van der Waals surface area contributed by atoms with Gasteiger partial charge in [-0.25, -0.2) is 4.98 Å². The van der Waals surface area contributed by atoms with E-state index in [0.29, 0.717) is 42.9 Å². The van der Waals surface area contributed by atoms with Crippen LogP contribution in [-0.2, 0) is 16.1 Å². The van der Waals surface area contributed by atoms with Crippen LogP contribution in [0.15, 0.2) is 41.5 Å². The number of nitrogens with zero attached hydrogens (tertiary/aromatic N) is 3. The number of methoxy groups -OCH3 is 1. The van der Waals surface area contributed by atoms with E-state index < -0.39 is 0 Å². The van der Waals surface area contributed by atoms with E-state index in [4.69, 9.17) is 10.5 Å². The first-order chi connectivity index (χ1) is 13.0. The first kappa shape index (κ1) is 18.6. The lowest BCUT2D eigenvalue weighted by molar-refractivity contribution is -0.135. The minimum atomic E-state index is -0.325. The largest absolute Gasteiger partial charge is 0.496 e. The van der Waals surface area contributed by atoms with Crippen molar-refractivity contribution in [2.75, 3.05) is 20.2 Å². The molecular weight excluding hydrogens is 348 g/mol. The fourth-order valence-corrected chi connectivity index (χ4v) is 3.21. The van der Waals surface area contributed by atoms with Crippen molar-refractivity contribution in [1.82, 2.24) is 14.5 Å². The fraction of sp³-hybridized carbons (Fsp3) is 0.368. The average molecular weight is 370 g/mol. The van der Waals surface area contributed by atoms with Gasteiger partial charge in [-0.3, -0.25) is 19.0 Å². The monoisotopic (exact) mass is 370 g/mol. The predicted octanol–water partition coefficient (Wildman–Crippen LogP) is 0.643. The van der Waals surface area contributed by atoms with E-state index in [0.717, 1.165) is 0 Å². The molecule has 1 aromatic heterocycles. The van der Waals surface area contributed by atoms with Crippen LogP contribution in [0, 0.1) is 5.92 Å². The Morgan fingerprint density at radius 1 is 1.26 bits per heavy atom. The SMILES string of the molecule is COc1ccccc1-c1cc(=O)n(CC(=O)N2CCC(C(N)=O)CC2)cn1. The molecule has 8 heteroatoms. The highest BCUT2D eigenvalue weighted by atomic mass is 16.5. The van der Waals surface area contributed by atoms with Crippen LogP contribution in [0.2, 0.25) is 0 Å². The molecule has 0 atom stereocenters. The van der Waals surface area contributed by atoms with Crippen LogP contribution in [0.4, 0.5) is 0 Å². The summed E-state index contributed by atoms with van der Waals surface area (Å²) in [5.74, 6) is -0.0598. The molecule has 2 aromatic rings. The molecule has 1 saturated heterocycles. The molecule has 1 aliphatic heterocycles. The number of amides is 2. The van der Waals surface area contributed by atoms with Gasteiger partial charge in [-0.1, -0.05) is 12.1 Å². The Morgan fingerprint density at radius 2 is 1.96 bits per heavy atom. The zero-order valence-corrected chi connectivity index (χ0v) is 15.1. The summed E-state index contributed by atoms with van der Waals surface area (Å²) in [4.78, 5) is 42.0. The number of ether oxygens (including phenoxy) is 1. The van der Waals surface area contributed by atoms with Crippen LogP contribution in [0.1, 0.15) is 12.8 Å². The van der Waals surface area contributed by atoms with Gasteiger partial charge >= 0.3 is 0 Å². The highest BCUT2D eigenvalue weighted by Crippen LogP contribution is 2.26. The van der Waals surface area contributed by atoms with Gasteiger partial charge < -0.3 is 15.4 Å². The van der Waals surface area contributed by atoms with Gasteiger partial charge in [0.2, 0.25) is 11.8 Å². The highest BCUT2D eigenvalue weighted by molar-refractivity contribution is 5.78. The lowest BCUT2D eigenvalue weighted by Gasteiger charge is -2.30. The predicted molar refractivity (Wildman–Crippen MR) is 99.0 cm³/mol. The number of benzene rings is 1. The summed E-state index contributed by atoms with van der Waals surface area (Å²) in [6.45, 7) is 0.848. The molecule has 0 aliphatic carbocycles. The zero-order chi connectivity index (χ0) is 19.4. The van der Waals surface area contributed by atoms with Crippen LogP contribution in [0.3, 0.4) is 0 Å². The number of hydrogen-bond donors (Lipinski definition) is 1. The van der Waals surface area contributed by atoms with Gasteiger partial charge in [0, 0.05) is 30.6 Å². The third-order valence-corrected chi connectivity index (χ3v) is 4.82. The Hall–Kier alpha value is -3.16. The van der Waals surface area contributed by atoms with E-state index in [1.165, 1.54) is 17.0 Å². The van der Waals surface area contributed by atoms with Crippen molar-refractivity contribution in [3.63, 3.8) is 0 Å². The van der Waals surface area contributed by atoms with Crippen LogP contribution in [-0.4, -0.2) is 46.5 Å². The molecule has 2 amide bonds. The van der Waals surface area contributed by atoms with Gasteiger partial charge in [-0.05, 0) is 25.0 Å². The molecule has 27 heavy (non-hydrogen) atoms. The molecule has 1 fully saturated rings. The number of likely N-dealkylation sites (tertiary alicyclic amines) is 1. The molecule has 0 spiro atoms. The molecule has 8 nitrogen and oxygen atoms in total. The van der Waals surface area contributed by atoms with Crippen LogP contribution < -0.4 is 16.0 Å². The molecule has 2 heterocycles. The second-order valence-electron chi connectivity index (χ2n) is 6.50. The molecule has 1 aliphatic rings. The average Bonchev–Trinajstić information content (AvgIpc) is 2.69. The van der Waals surface area contributed by atoms with Crippen molar-refractivity contribution in [2.24, 2.45) is 11.7 Å². The smallest absolute Gasteiger partial charge is 0.254 e. The van der Waals surface area contributed by atoms with Crippen molar-refractivity contribution in [3.8, 4) is 17.0 Å². The summed E-state index contributed by atoms with van der Waals surface area (Å²) < 4.78 is 6.58. The van der Waals surface area contributed by atoms with Gasteiger partial charge in [0.25, 0.3) is 5.56 Å². The molecule has 0 bridgehead atoms. The highest BCUT2D eigenvalue weighted by Gasteiger charge is 2.26. The standard InChI is InChI=1S/C19H22N4O4/c1-27-16-5-3-2-4-14(16)15-10-17(24)23(12-21-15)11-18(25)22-8-6-13(7-9-22)19(20)26/h2-5,10,12-13H,6-9,11H2,1H3,(H2,20,26). The second-order valence-corrected chi connectivity index (χ2v) is 6.50. The number of carbonyl (C=O) groups is 2. The maximum absolute atomic E-state index is 12.5. The molecule has 1 aromatic carbocycles. The van der Waals surface area contributed by atoms with Gasteiger partial charge in [0.1, 0.15) is 12.3 Å². The third kappa shape index (κ3) is 4.16. The Morgan fingerprint density at radius 3 is 2.59 bits per heavy atom. The number of para-hydroxylation sites is 1. The van der Waals surface area contributed by atoms with Crippen molar-refractivity contribution >= 4 is 11.8 Å². The number of primary amides is 1. The maximum Gasteiger partial charge on any atom is 0.254 e. The number of nitrogens with two attached hydrogens (primary N) is 1. The summed E-state index contributed by atoms with van der Waals surface area (Å²) in [7, 11) is 1.56. The molecule has 3 rings (SSSR count). The Labute approximate surface area is 156 Å². The Kier molecular flexibility index (Phi) is 5.54. The summed E-state index contributed by atoms with van der Waals surface area (Å²) in [5.41, 5.74) is 6.20. The minimum absolute atomic E-state index is 0.0841. The summed E-state index contributed by atoms with van der Waals surface area (Å²) in [5, 5.41) is 0. The van der Waals surface area contributed by atoms with Crippen LogP contribution >= 0.6 is 0 Å². The number of aromatic nitrogens is 2. The van der Waals surface area contributed by atoms with Gasteiger partial charge in [-0.15, -0.1) is 0 Å². The summed E-state index contributed by atoms with van der Waals surface area (Å²) in [6.07, 6.45) is 2.49. The van der Waals surface area contributed by atoms with Gasteiger partial charge in [0.15, 0.2) is 0 Å². The lowest BCUT2D eigenvalue weighted by atomic mass is 9.96. The lowest BCUT2D eigenvalue weighted by Crippen LogP contribution is -2.43. The quantitative estimate of drug-likeness (QED) is 0.831. The number of rotatable bonds is 5. The third-order valence-electron chi connectivity index (χ3n) is 4.82. The molecule has 0 radical (unpaired) electrons. The summed E-state index contributed by atoms with van der Waals surface area (Å²) in [6, 6.07) is 8.68. The van der Waals surface area contributed by atoms with Crippen LogP contribution in [0.5, 0.6) is 5.75 Å². The van der Waals surface area contributed by atoms with E-state index in [-0.39, 0.29) is 29.8 Å². The first-order valence-corrected chi connectivity index (χ1v) is 8.76. The number of piperidine rings is 1. The summed E-state index contributed by atoms with van der Waals surface area (Å²) >= 11 is 0.